The van der Waals surface area contributed by atoms with Crippen LogP contribution in [0.15, 0.2) is 24.3 Å². The molecule has 1 N–H and O–H groups in total. The lowest BCUT2D eigenvalue weighted by Gasteiger charge is -2.00. The summed E-state index contributed by atoms with van der Waals surface area (Å²) in [6.45, 7) is 2.59. The fourth-order valence-corrected chi connectivity index (χ4v) is 1.11. The molecular weight excluding hydrogens is 165 g/mol. The average Bonchev–Trinajstić information content (AvgIpc) is 2.13. The molecule has 0 atom stereocenters. The van der Waals surface area contributed by atoms with Crippen molar-refractivity contribution in [2.45, 2.75) is 6.92 Å². The van der Waals surface area contributed by atoms with Gasteiger partial charge in [-0.3, -0.25) is 0 Å². The zero-order valence-electron chi connectivity index (χ0n) is 7.97. The molecule has 2 heteroatoms. The molecule has 1 rings (SSSR count). The van der Waals surface area contributed by atoms with Crippen LogP contribution in [-0.2, 0) is 0 Å². The van der Waals surface area contributed by atoms with E-state index in [0.29, 0.717) is 5.56 Å². The second kappa shape index (κ2) is 4.77. The lowest BCUT2D eigenvalue weighted by molar-refractivity contribution is 0.618. The van der Waals surface area contributed by atoms with Crippen LogP contribution in [0.2, 0.25) is 0 Å². The van der Waals surface area contributed by atoms with Crippen molar-refractivity contribution in [2.75, 3.05) is 13.6 Å². The summed E-state index contributed by atoms with van der Waals surface area (Å²) < 4.78 is 13.0. The van der Waals surface area contributed by atoms with E-state index in [1.165, 1.54) is 6.07 Å². The number of likely N-dealkylation sites (N-methyl/N-ethyl adjacent to an activating group) is 1. The van der Waals surface area contributed by atoms with Crippen molar-refractivity contribution in [1.82, 2.24) is 5.32 Å². The Labute approximate surface area is 78.3 Å². The van der Waals surface area contributed by atoms with E-state index >= 15 is 0 Å². The molecule has 0 unspecified atom stereocenters. The molecule has 0 bridgehead atoms. The van der Waals surface area contributed by atoms with Crippen molar-refractivity contribution in [3.8, 4) is 0 Å². The van der Waals surface area contributed by atoms with E-state index in [1.807, 2.05) is 25.3 Å². The topological polar surface area (TPSA) is 12.0 Å². The third-order valence-electron chi connectivity index (χ3n) is 1.93. The number of hydrogen-bond donors (Lipinski definition) is 1. The van der Waals surface area contributed by atoms with Gasteiger partial charge in [-0.15, -0.1) is 0 Å². The highest BCUT2D eigenvalue weighted by atomic mass is 19.1. The molecule has 0 radical (unpaired) electrons. The molecule has 1 aromatic rings. The van der Waals surface area contributed by atoms with Gasteiger partial charge in [-0.1, -0.05) is 24.3 Å². The Morgan fingerprint density at radius 1 is 1.46 bits per heavy atom. The third-order valence-corrected chi connectivity index (χ3v) is 1.93. The van der Waals surface area contributed by atoms with Crippen molar-refractivity contribution in [3.05, 3.63) is 41.2 Å². The summed E-state index contributed by atoms with van der Waals surface area (Å²) in [6, 6.07) is 5.11. The highest BCUT2D eigenvalue weighted by Gasteiger charge is 1.98. The molecule has 0 fully saturated rings. The van der Waals surface area contributed by atoms with E-state index in [1.54, 1.807) is 13.0 Å². The number of rotatable bonds is 3. The molecule has 0 spiro atoms. The maximum Gasteiger partial charge on any atom is 0.126 e. The van der Waals surface area contributed by atoms with Gasteiger partial charge in [0.15, 0.2) is 0 Å². The van der Waals surface area contributed by atoms with Gasteiger partial charge in [0.1, 0.15) is 5.82 Å². The van der Waals surface area contributed by atoms with Gasteiger partial charge in [-0.25, -0.2) is 4.39 Å². The minimum Gasteiger partial charge on any atom is -0.316 e. The number of hydrogen-bond acceptors (Lipinski definition) is 1. The third kappa shape index (κ3) is 2.67. The molecule has 0 heterocycles. The molecule has 0 aliphatic heterocycles. The van der Waals surface area contributed by atoms with Crippen LogP contribution in [0.25, 0.3) is 6.08 Å². The summed E-state index contributed by atoms with van der Waals surface area (Å²) in [5.41, 5.74) is 1.64. The van der Waals surface area contributed by atoms with Crippen molar-refractivity contribution < 1.29 is 4.39 Å². The Balaban J connectivity index is 2.83. The van der Waals surface area contributed by atoms with Crippen LogP contribution >= 0.6 is 0 Å². The highest BCUT2D eigenvalue weighted by molar-refractivity contribution is 5.53. The monoisotopic (exact) mass is 179 g/mol. The molecule has 0 aliphatic carbocycles. The van der Waals surface area contributed by atoms with Crippen LogP contribution in [0.4, 0.5) is 4.39 Å². The fourth-order valence-electron chi connectivity index (χ4n) is 1.11. The fraction of sp³-hybridized carbons (Fsp3) is 0.273. The summed E-state index contributed by atoms with van der Waals surface area (Å²) in [5, 5.41) is 2.99. The first-order valence-electron chi connectivity index (χ1n) is 4.32. The normalized spacial score (nSPS) is 11.0. The molecule has 0 saturated heterocycles. The average molecular weight is 179 g/mol. The molecule has 1 aromatic carbocycles. The molecule has 0 aromatic heterocycles. The molecule has 0 aliphatic rings. The number of halogens is 1. The van der Waals surface area contributed by atoms with E-state index in [2.05, 4.69) is 5.32 Å². The largest absolute Gasteiger partial charge is 0.316 e. The van der Waals surface area contributed by atoms with Crippen LogP contribution in [0, 0.1) is 12.7 Å². The van der Waals surface area contributed by atoms with Crippen molar-refractivity contribution in [3.63, 3.8) is 0 Å². The Morgan fingerprint density at radius 2 is 2.23 bits per heavy atom. The van der Waals surface area contributed by atoms with Crippen LogP contribution in [0.5, 0.6) is 0 Å². The van der Waals surface area contributed by atoms with Crippen LogP contribution in [0.3, 0.4) is 0 Å². The Bertz CT molecular complexity index is 305. The molecule has 13 heavy (non-hydrogen) atoms. The smallest absolute Gasteiger partial charge is 0.126 e. The predicted octanol–water partition coefficient (Wildman–Crippen LogP) is 2.37. The van der Waals surface area contributed by atoms with Gasteiger partial charge in [0.2, 0.25) is 0 Å². The first kappa shape index (κ1) is 9.93. The minimum absolute atomic E-state index is 0.147. The van der Waals surface area contributed by atoms with E-state index in [9.17, 15) is 4.39 Å². The van der Waals surface area contributed by atoms with Crippen LogP contribution in [0.1, 0.15) is 11.1 Å². The predicted molar refractivity (Wildman–Crippen MR) is 54.1 cm³/mol. The van der Waals surface area contributed by atoms with Crippen molar-refractivity contribution in [1.29, 1.82) is 0 Å². The zero-order valence-corrected chi connectivity index (χ0v) is 7.97. The van der Waals surface area contributed by atoms with Crippen molar-refractivity contribution in [2.24, 2.45) is 0 Å². The molecule has 1 nitrogen and oxygen atoms in total. The Morgan fingerprint density at radius 3 is 2.92 bits per heavy atom. The van der Waals surface area contributed by atoms with E-state index < -0.39 is 0 Å². The van der Waals surface area contributed by atoms with Crippen LogP contribution < -0.4 is 5.32 Å². The van der Waals surface area contributed by atoms with Crippen LogP contribution in [-0.4, -0.2) is 13.6 Å². The summed E-state index contributed by atoms with van der Waals surface area (Å²) in [4.78, 5) is 0. The second-order valence-corrected chi connectivity index (χ2v) is 2.91. The molecular formula is C11H14FN. The van der Waals surface area contributed by atoms with E-state index in [4.69, 9.17) is 0 Å². The van der Waals surface area contributed by atoms with Gasteiger partial charge in [0.05, 0.1) is 0 Å². The SMILES string of the molecule is CNC/C=C/c1cccc(F)c1C. The number of nitrogens with one attached hydrogen (secondary N) is 1. The summed E-state index contributed by atoms with van der Waals surface area (Å²) in [5.74, 6) is -0.147. The van der Waals surface area contributed by atoms with E-state index in [-0.39, 0.29) is 5.82 Å². The molecule has 70 valence electrons. The minimum atomic E-state index is -0.147. The van der Waals surface area contributed by atoms with Crippen molar-refractivity contribution >= 4 is 6.08 Å². The summed E-state index contributed by atoms with van der Waals surface area (Å²) in [6.07, 6.45) is 3.90. The maximum atomic E-state index is 13.0. The van der Waals surface area contributed by atoms with Gasteiger partial charge in [0.25, 0.3) is 0 Å². The summed E-state index contributed by atoms with van der Waals surface area (Å²) >= 11 is 0. The molecule has 0 saturated carbocycles. The first-order valence-corrected chi connectivity index (χ1v) is 4.32. The van der Waals surface area contributed by atoms with Gasteiger partial charge in [0, 0.05) is 6.54 Å². The van der Waals surface area contributed by atoms with Gasteiger partial charge in [-0.05, 0) is 31.2 Å². The standard InChI is InChI=1S/C11H14FN/c1-9-10(6-4-8-13-2)5-3-7-11(9)12/h3-7,13H,8H2,1-2H3/b6-4+. The van der Waals surface area contributed by atoms with Gasteiger partial charge < -0.3 is 5.32 Å². The number of benzene rings is 1. The Kier molecular flexibility index (Phi) is 3.65. The van der Waals surface area contributed by atoms with Gasteiger partial charge >= 0.3 is 0 Å². The van der Waals surface area contributed by atoms with Gasteiger partial charge in [-0.2, -0.15) is 0 Å². The van der Waals surface area contributed by atoms with E-state index in [0.717, 1.165) is 12.1 Å². The maximum absolute atomic E-state index is 13.0. The lowest BCUT2D eigenvalue weighted by atomic mass is 10.1. The summed E-state index contributed by atoms with van der Waals surface area (Å²) in [7, 11) is 1.88. The quantitative estimate of drug-likeness (QED) is 0.751. The second-order valence-electron chi connectivity index (χ2n) is 2.91. The highest BCUT2D eigenvalue weighted by Crippen LogP contribution is 2.13. The zero-order chi connectivity index (χ0) is 9.68. The molecule has 0 amide bonds. The first-order chi connectivity index (χ1) is 6.25. The Hall–Kier alpha value is -1.15. The lowest BCUT2D eigenvalue weighted by Crippen LogP contribution is -2.03.